The maximum Gasteiger partial charge on any atom is 0.335 e. The fourth-order valence-corrected chi connectivity index (χ4v) is 21.7. The number of amides is 1. The number of carbonyl (C=O) groups is 1. The van der Waals surface area contributed by atoms with Gasteiger partial charge in [-0.25, -0.2) is 49.1 Å². The summed E-state index contributed by atoms with van der Waals surface area (Å²) >= 11 is 12.0. The molecule has 6 aromatic carbocycles. The van der Waals surface area contributed by atoms with E-state index >= 15 is 0 Å². The quantitative estimate of drug-likeness (QED) is 0.0392. The van der Waals surface area contributed by atoms with E-state index in [0.717, 1.165) is 191 Å². The maximum atomic E-state index is 14.7. The van der Waals surface area contributed by atoms with Crippen LogP contribution < -0.4 is 83.4 Å². The Kier molecular flexibility index (Phi) is 29.6. The largest absolute Gasteiger partial charge is 0.457 e. The summed E-state index contributed by atoms with van der Waals surface area (Å²) < 4.78 is 29.3. The van der Waals surface area contributed by atoms with Gasteiger partial charge in [0.15, 0.2) is 46.4 Å². The van der Waals surface area contributed by atoms with Gasteiger partial charge in [-0.15, -0.1) is 0 Å². The van der Waals surface area contributed by atoms with Crippen LogP contribution in [-0.4, -0.2) is 180 Å². The summed E-state index contributed by atoms with van der Waals surface area (Å²) in [5, 5.41) is 11.4. The molecule has 11 N–H and O–H groups in total. The van der Waals surface area contributed by atoms with Gasteiger partial charge in [-0.1, -0.05) is 92.8 Å². The summed E-state index contributed by atoms with van der Waals surface area (Å²) in [5.74, 6) is 12.5. The number of likely N-dealkylation sites (tertiary alicyclic amines) is 2. The lowest BCUT2D eigenvalue weighted by Gasteiger charge is -2.42. The van der Waals surface area contributed by atoms with Crippen molar-refractivity contribution in [2.45, 2.75) is 147 Å². The SMILES string of the molecule is C.C=C1N(c2ccc(Cl)cc2)c2c(N)ncnc2N1C1CCC(C2CCNCC2)CC1.C=C1N(c2ccc(Oc3ccccc3)cc2)c2c(N)ncnc2N1C1CCC(C2CCNCC2)CC1.C=C1N(c2ccc(Oc3ccccc3)cc2)c2c(N)ncnc2N1C1CCN(C2CCNCC2)CC1.CN(C)C/C=C/C(=O)N1CCC(n2c(=O)n(-c3ccc(Cl)cc3F)c3c(N)ncnc32)C1. The highest BCUT2D eigenvalue weighted by Crippen LogP contribution is 2.54. The van der Waals surface area contributed by atoms with E-state index in [9.17, 15) is 14.0 Å². The number of hydrogen-bond acceptors (Lipinski definition) is 27. The second-order valence-corrected chi connectivity index (χ2v) is 37.3. The Morgan fingerprint density at radius 2 is 0.844 bits per heavy atom. The molecular formula is C102H123Cl2FN26O4. The van der Waals surface area contributed by atoms with Gasteiger partial charge < -0.3 is 77.8 Å². The van der Waals surface area contributed by atoms with Gasteiger partial charge in [0.2, 0.25) is 5.91 Å². The van der Waals surface area contributed by atoms with Gasteiger partial charge >= 0.3 is 5.69 Å². The molecule has 30 nitrogen and oxygen atoms in total. The van der Waals surface area contributed by atoms with Crippen LogP contribution in [0.4, 0.5) is 79.2 Å². The Labute approximate surface area is 798 Å². The van der Waals surface area contributed by atoms with Crippen molar-refractivity contribution in [3.05, 3.63) is 253 Å². The predicted octanol–water partition coefficient (Wildman–Crippen LogP) is 17.5. The van der Waals surface area contributed by atoms with Crippen LogP contribution in [-0.2, 0) is 4.79 Å². The fraction of sp³-hybridized carbons (Fsp3) is 0.392. The molecule has 11 aromatic rings. The highest BCUT2D eigenvalue weighted by atomic mass is 35.5. The van der Waals surface area contributed by atoms with Crippen molar-refractivity contribution in [1.29, 1.82) is 0 Å². The Hall–Kier alpha value is -12.8. The number of nitrogens with one attached hydrogen (secondary N) is 3. The topological polar surface area (TPSA) is 335 Å². The number of para-hydroxylation sites is 2. The zero-order valence-corrected chi connectivity index (χ0v) is 77.6. The van der Waals surface area contributed by atoms with E-state index in [1.54, 1.807) is 30.0 Å². The van der Waals surface area contributed by atoms with Gasteiger partial charge in [0.1, 0.15) is 94.2 Å². The number of nitrogens with zero attached hydrogens (tertiary/aromatic N) is 19. The second kappa shape index (κ2) is 42.4. The van der Waals surface area contributed by atoms with Crippen LogP contribution in [0.25, 0.3) is 16.9 Å². The highest BCUT2D eigenvalue weighted by Gasteiger charge is 2.46. The second-order valence-electron chi connectivity index (χ2n) is 36.4. The number of anilines is 13. The molecule has 8 aliphatic heterocycles. The number of imidazole rings is 1. The monoisotopic (exact) mass is 1860 g/mol. The van der Waals surface area contributed by atoms with Crippen molar-refractivity contribution >= 4 is 115 Å². The van der Waals surface area contributed by atoms with E-state index in [-0.39, 0.29) is 41.4 Å². The van der Waals surface area contributed by atoms with Crippen LogP contribution in [0.2, 0.25) is 10.0 Å². The molecule has 706 valence electrons. The van der Waals surface area contributed by atoms with Crippen LogP contribution in [0.1, 0.15) is 123 Å². The van der Waals surface area contributed by atoms with Crippen molar-refractivity contribution in [2.24, 2.45) is 23.7 Å². The van der Waals surface area contributed by atoms with E-state index in [1.807, 2.05) is 152 Å². The Morgan fingerprint density at radius 1 is 0.459 bits per heavy atom. The molecule has 0 radical (unpaired) electrons. The number of nitrogen functional groups attached to an aromatic ring is 4. The number of ether oxygens (including phenoxy) is 2. The van der Waals surface area contributed by atoms with Gasteiger partial charge in [0, 0.05) is 90.1 Å². The summed E-state index contributed by atoms with van der Waals surface area (Å²) in [4.78, 5) is 80.5. The average molecular weight is 1870 g/mol. The zero-order chi connectivity index (χ0) is 92.6. The molecule has 135 heavy (non-hydrogen) atoms. The van der Waals surface area contributed by atoms with Crippen LogP contribution >= 0.6 is 23.2 Å². The first kappa shape index (κ1) is 94.0. The van der Waals surface area contributed by atoms with E-state index < -0.39 is 11.5 Å². The van der Waals surface area contributed by atoms with Gasteiger partial charge in [0.05, 0.1) is 11.7 Å². The third kappa shape index (κ3) is 20.3. The number of nitrogens with two attached hydrogens (primary N) is 4. The highest BCUT2D eigenvalue weighted by molar-refractivity contribution is 6.31. The number of hydrogen-bond donors (Lipinski definition) is 7. The molecule has 2 aliphatic carbocycles. The van der Waals surface area contributed by atoms with Crippen LogP contribution in [0.15, 0.2) is 231 Å². The Morgan fingerprint density at radius 3 is 1.28 bits per heavy atom. The third-order valence-corrected chi connectivity index (χ3v) is 28.6. The first-order valence-corrected chi connectivity index (χ1v) is 47.8. The number of aromatic nitrogens is 10. The van der Waals surface area contributed by atoms with E-state index in [4.69, 9.17) is 55.6 Å². The van der Waals surface area contributed by atoms with Crippen molar-refractivity contribution in [3.63, 3.8) is 0 Å². The number of piperidine rings is 4. The van der Waals surface area contributed by atoms with Gasteiger partial charge in [-0.3, -0.25) is 28.6 Å². The minimum atomic E-state index is -0.670. The van der Waals surface area contributed by atoms with E-state index in [1.165, 1.54) is 119 Å². The Balaban J connectivity index is 0.000000125. The molecule has 10 aliphatic rings. The predicted molar refractivity (Wildman–Crippen MR) is 538 cm³/mol. The van der Waals surface area contributed by atoms with Crippen LogP contribution in [0.5, 0.6) is 23.0 Å². The summed E-state index contributed by atoms with van der Waals surface area (Å²) in [6.07, 6.45) is 29.4. The molecule has 7 fully saturated rings. The summed E-state index contributed by atoms with van der Waals surface area (Å²) in [6.45, 7) is 24.1. The van der Waals surface area contributed by atoms with Crippen molar-refractivity contribution < 1.29 is 18.7 Å². The van der Waals surface area contributed by atoms with Crippen LogP contribution in [0, 0.1) is 29.5 Å². The summed E-state index contributed by atoms with van der Waals surface area (Å²) in [7, 11) is 3.83. The molecule has 5 saturated heterocycles. The molecule has 13 heterocycles. The molecular weight excluding hydrogens is 1740 g/mol. The molecule has 0 spiro atoms. The average Bonchev–Trinajstić information content (AvgIpc) is 1.56. The van der Waals surface area contributed by atoms with E-state index in [0.29, 0.717) is 78.3 Å². The number of halogens is 3. The molecule has 2 saturated carbocycles. The van der Waals surface area contributed by atoms with Gasteiger partial charge in [-0.05, 0) is 301 Å². The molecule has 0 bridgehead atoms. The number of rotatable bonds is 18. The smallest absolute Gasteiger partial charge is 0.335 e. The maximum absolute atomic E-state index is 14.7. The summed E-state index contributed by atoms with van der Waals surface area (Å²) in [6, 6.07) is 48.8. The van der Waals surface area contributed by atoms with E-state index in [2.05, 4.69) is 110 Å². The van der Waals surface area contributed by atoms with Gasteiger partial charge in [0.25, 0.3) is 0 Å². The Bertz CT molecular complexity index is 5860. The molecule has 1 atom stereocenters. The van der Waals surface area contributed by atoms with Crippen molar-refractivity contribution in [2.75, 3.05) is 138 Å². The number of fused-ring (bicyclic) bond motifs is 4. The first-order chi connectivity index (χ1) is 65.3. The molecule has 5 aromatic heterocycles. The zero-order valence-electron chi connectivity index (χ0n) is 76.1. The fourth-order valence-electron chi connectivity index (χ4n) is 21.4. The lowest BCUT2D eigenvalue weighted by molar-refractivity contribution is -0.125. The third-order valence-electron chi connectivity index (χ3n) is 28.1. The number of likely N-dealkylation sites (N-methyl/N-ethyl adjacent to an activating group) is 1. The first-order valence-electron chi connectivity index (χ1n) is 47.0. The normalized spacial score (nSPS) is 20.7. The lowest BCUT2D eigenvalue weighted by atomic mass is 9.74. The van der Waals surface area contributed by atoms with Crippen LogP contribution in [0.3, 0.4) is 0 Å². The molecule has 1 amide bonds. The number of benzene rings is 6. The molecule has 33 heteroatoms. The minimum Gasteiger partial charge on any atom is -0.457 e. The number of carbonyl (C=O) groups excluding carboxylic acids is 1. The standard InChI is InChI=1S/C29H34N6O.C28H33N7O.C23H29ClN6.C21H23ClFN7O2.CH4/c1-20-34(23-11-13-26(14-12-23)36-25-5-3-2-4-6-25)27-28(30)32-19-33-29(27)35(20)24-9-7-21(8-10-24)22-15-17-31-18-16-22;1-20-34(22-7-9-25(10-8-22)36-24-5-3-2-4-6-24)26-27(29)31-19-32-28(26)35(20)23-13-17-33(18-14-23)21-11-15-30-16-12-21;1-15-29(19-8-4-18(24)5-9-19)21-22(25)27-14-28-23(21)30(15)20-6-2-16(3-7-20)17-10-12-26-13-11-17;1-27(2)8-3-4-17(31)28-9-7-14(11-28)29-20-18(19(24)25-12-26-20)30(21(29)32)16-6-5-13(22)10-15(16)23;/h2-6,11-14,19,21-22,24,31H,1,7-10,15-18H2,(H2,30,32,33);2-10,19,21,23,30H,1,11-18H2,(H2,29,31,32);4-5,8-9,14,16-17,20,26H,1-3,6-7,10-13H2,(H2,25,27,28);3-6,10,12,14H,7-9,11H2,1-2H3,(H2,24,25,26);1H4/b;;;4-3+;. The van der Waals surface area contributed by atoms with Gasteiger partial charge in [-0.2, -0.15) is 0 Å². The minimum absolute atomic E-state index is 0. The molecule has 1 unspecified atom stereocenters. The molecule has 21 rings (SSSR count). The lowest BCUT2D eigenvalue weighted by Crippen LogP contribution is -2.50. The van der Waals surface area contributed by atoms with Crippen molar-refractivity contribution in [3.8, 4) is 28.7 Å². The van der Waals surface area contributed by atoms with Crippen molar-refractivity contribution in [1.82, 2.24) is 79.7 Å². The summed E-state index contributed by atoms with van der Waals surface area (Å²) in [5.41, 5.74) is 30.5.